The van der Waals surface area contributed by atoms with E-state index in [0.717, 1.165) is 17.1 Å². The zero-order valence-electron chi connectivity index (χ0n) is 10.4. The van der Waals surface area contributed by atoms with Crippen LogP contribution in [0.3, 0.4) is 0 Å². The first-order valence-electron chi connectivity index (χ1n) is 5.72. The van der Waals surface area contributed by atoms with E-state index in [4.69, 9.17) is 17.3 Å². The summed E-state index contributed by atoms with van der Waals surface area (Å²) in [6.07, 6.45) is 1.68. The van der Waals surface area contributed by atoms with Gasteiger partial charge in [-0.05, 0) is 24.6 Å². The second-order valence-corrected chi connectivity index (χ2v) is 5.64. The largest absolute Gasteiger partial charge is 0.324 e. The zero-order chi connectivity index (χ0) is 13.1. The minimum atomic E-state index is 0.0809. The molecule has 18 heavy (non-hydrogen) atoms. The predicted molar refractivity (Wildman–Crippen MR) is 76.8 cm³/mol. The maximum Gasteiger partial charge on any atom is 0.128 e. The highest BCUT2D eigenvalue weighted by Crippen LogP contribution is 2.24. The van der Waals surface area contributed by atoms with Gasteiger partial charge in [-0.3, -0.25) is 0 Å². The van der Waals surface area contributed by atoms with E-state index in [2.05, 4.69) is 29.2 Å². The average Bonchev–Trinajstić information content (AvgIpc) is 2.68. The van der Waals surface area contributed by atoms with Gasteiger partial charge in [-0.1, -0.05) is 23.7 Å². The van der Waals surface area contributed by atoms with E-state index in [1.165, 1.54) is 4.90 Å². The van der Waals surface area contributed by atoms with Gasteiger partial charge in [-0.2, -0.15) is 0 Å². The van der Waals surface area contributed by atoms with Crippen molar-refractivity contribution in [1.82, 2.24) is 9.55 Å². The molecule has 2 aromatic rings. The minimum absolute atomic E-state index is 0.0809. The molecule has 1 aromatic heterocycles. The number of hydrogen-bond donors (Lipinski definition) is 1. The van der Waals surface area contributed by atoms with Crippen molar-refractivity contribution in [3.63, 3.8) is 0 Å². The monoisotopic (exact) mass is 281 g/mol. The van der Waals surface area contributed by atoms with Crippen LogP contribution in [-0.4, -0.2) is 9.55 Å². The number of benzene rings is 1. The molecule has 1 aromatic carbocycles. The van der Waals surface area contributed by atoms with Gasteiger partial charge in [-0.15, -0.1) is 11.8 Å². The van der Waals surface area contributed by atoms with Crippen molar-refractivity contribution in [2.75, 3.05) is 0 Å². The highest BCUT2D eigenvalue weighted by molar-refractivity contribution is 7.98. The second kappa shape index (κ2) is 5.78. The van der Waals surface area contributed by atoms with Crippen LogP contribution in [0.25, 0.3) is 0 Å². The summed E-state index contributed by atoms with van der Waals surface area (Å²) in [6.45, 7) is 1.98. The van der Waals surface area contributed by atoms with E-state index in [1.807, 2.05) is 18.5 Å². The lowest BCUT2D eigenvalue weighted by Crippen LogP contribution is -2.04. The summed E-state index contributed by atoms with van der Waals surface area (Å²) in [5, 5.41) is 0.665. The second-order valence-electron chi connectivity index (χ2n) is 4.20. The number of thioether (sulfide) groups is 1. The van der Waals surface area contributed by atoms with E-state index in [-0.39, 0.29) is 6.04 Å². The highest BCUT2D eigenvalue weighted by Gasteiger charge is 2.05. The Balaban J connectivity index is 2.00. The van der Waals surface area contributed by atoms with Gasteiger partial charge in [0, 0.05) is 18.0 Å². The average molecular weight is 282 g/mol. The first-order valence-corrected chi connectivity index (χ1v) is 7.08. The van der Waals surface area contributed by atoms with Crippen molar-refractivity contribution in [3.8, 4) is 0 Å². The molecule has 0 radical (unpaired) electrons. The lowest BCUT2D eigenvalue weighted by atomic mass is 10.1. The molecule has 5 heteroatoms. The van der Waals surface area contributed by atoms with Crippen molar-refractivity contribution in [3.05, 3.63) is 47.0 Å². The molecule has 0 aliphatic heterocycles. The molecule has 0 bridgehead atoms. The number of imidazole rings is 1. The highest BCUT2D eigenvalue weighted by atomic mass is 35.5. The third-order valence-corrected chi connectivity index (χ3v) is 4.16. The molecule has 0 aliphatic rings. The Morgan fingerprint density at radius 1 is 1.39 bits per heavy atom. The molecule has 3 nitrogen and oxygen atoms in total. The van der Waals surface area contributed by atoms with Gasteiger partial charge in [0.2, 0.25) is 0 Å². The van der Waals surface area contributed by atoms with E-state index in [9.17, 15) is 0 Å². The summed E-state index contributed by atoms with van der Waals surface area (Å²) in [6, 6.07) is 8.40. The minimum Gasteiger partial charge on any atom is -0.324 e. The standard InChI is InChI=1S/C13H16ClN3S/c1-9(15)10-3-5-11(6-4-10)18-8-13-16-7-12(14)17(13)2/h3-7,9H,8,15H2,1-2H3. The van der Waals surface area contributed by atoms with Crippen LogP contribution in [0.4, 0.5) is 0 Å². The fraction of sp³-hybridized carbons (Fsp3) is 0.308. The molecule has 2 rings (SSSR count). The Kier molecular flexibility index (Phi) is 4.32. The van der Waals surface area contributed by atoms with Crippen LogP contribution in [0.1, 0.15) is 24.4 Å². The molecule has 0 amide bonds. The van der Waals surface area contributed by atoms with Gasteiger partial charge >= 0.3 is 0 Å². The molecule has 0 saturated heterocycles. The summed E-state index contributed by atoms with van der Waals surface area (Å²) >= 11 is 7.68. The first-order chi connectivity index (χ1) is 8.58. The molecule has 2 N–H and O–H groups in total. The van der Waals surface area contributed by atoms with Crippen LogP contribution in [0.2, 0.25) is 5.15 Å². The number of nitrogens with zero attached hydrogens (tertiary/aromatic N) is 2. The molecule has 1 atom stereocenters. The van der Waals surface area contributed by atoms with Crippen molar-refractivity contribution in [1.29, 1.82) is 0 Å². The molecule has 0 fully saturated rings. The third-order valence-electron chi connectivity index (χ3n) is 2.80. The van der Waals surface area contributed by atoms with E-state index in [1.54, 1.807) is 18.0 Å². The SMILES string of the molecule is CC(N)c1ccc(SCc2ncc(Cl)n2C)cc1. The first kappa shape index (κ1) is 13.5. The summed E-state index contributed by atoms with van der Waals surface area (Å²) in [7, 11) is 1.92. The quantitative estimate of drug-likeness (QED) is 0.874. The topological polar surface area (TPSA) is 43.8 Å². The van der Waals surface area contributed by atoms with Crippen LogP contribution in [0.15, 0.2) is 35.4 Å². The summed E-state index contributed by atoms with van der Waals surface area (Å²) in [5.41, 5.74) is 6.97. The van der Waals surface area contributed by atoms with E-state index < -0.39 is 0 Å². The van der Waals surface area contributed by atoms with Gasteiger partial charge in [0.05, 0.1) is 11.9 Å². The molecule has 0 spiro atoms. The van der Waals surface area contributed by atoms with Gasteiger partial charge in [0.15, 0.2) is 0 Å². The Morgan fingerprint density at radius 2 is 2.06 bits per heavy atom. The maximum atomic E-state index is 5.94. The number of halogens is 1. The Bertz CT molecular complexity index is 520. The lowest BCUT2D eigenvalue weighted by Gasteiger charge is -2.07. The Morgan fingerprint density at radius 3 is 2.56 bits per heavy atom. The molecular weight excluding hydrogens is 266 g/mol. The van der Waals surface area contributed by atoms with Gasteiger partial charge in [0.1, 0.15) is 11.0 Å². The van der Waals surface area contributed by atoms with Crippen molar-refractivity contribution in [2.24, 2.45) is 12.8 Å². The van der Waals surface area contributed by atoms with Crippen molar-refractivity contribution < 1.29 is 0 Å². The van der Waals surface area contributed by atoms with Crippen molar-refractivity contribution >= 4 is 23.4 Å². The predicted octanol–water partition coefficient (Wildman–Crippen LogP) is 3.39. The zero-order valence-corrected chi connectivity index (χ0v) is 12.0. The summed E-state index contributed by atoms with van der Waals surface area (Å²) in [4.78, 5) is 5.47. The Hall–Kier alpha value is -0.970. The van der Waals surface area contributed by atoms with Crippen LogP contribution in [0.5, 0.6) is 0 Å². The molecule has 1 unspecified atom stereocenters. The van der Waals surface area contributed by atoms with Gasteiger partial charge < -0.3 is 10.3 Å². The third kappa shape index (κ3) is 3.07. The maximum absolute atomic E-state index is 5.94. The normalized spacial score (nSPS) is 12.7. The number of aromatic nitrogens is 2. The van der Waals surface area contributed by atoms with Crippen LogP contribution < -0.4 is 5.73 Å². The Labute approximate surface area is 116 Å². The lowest BCUT2D eigenvalue weighted by molar-refractivity contribution is 0.817. The fourth-order valence-corrected chi connectivity index (χ4v) is 2.61. The number of rotatable bonds is 4. The number of hydrogen-bond acceptors (Lipinski definition) is 3. The van der Waals surface area contributed by atoms with E-state index >= 15 is 0 Å². The summed E-state index contributed by atoms with van der Waals surface area (Å²) < 4.78 is 1.89. The number of nitrogens with two attached hydrogens (primary N) is 1. The van der Waals surface area contributed by atoms with E-state index in [0.29, 0.717) is 5.15 Å². The van der Waals surface area contributed by atoms with Crippen LogP contribution in [0, 0.1) is 0 Å². The van der Waals surface area contributed by atoms with Crippen LogP contribution >= 0.6 is 23.4 Å². The van der Waals surface area contributed by atoms with Gasteiger partial charge in [0.25, 0.3) is 0 Å². The molecule has 0 aliphatic carbocycles. The van der Waals surface area contributed by atoms with Crippen molar-refractivity contribution in [2.45, 2.75) is 23.6 Å². The molecular formula is C13H16ClN3S. The van der Waals surface area contributed by atoms with Gasteiger partial charge in [-0.25, -0.2) is 4.98 Å². The molecule has 96 valence electrons. The fourth-order valence-electron chi connectivity index (χ4n) is 1.57. The smallest absolute Gasteiger partial charge is 0.128 e. The summed E-state index contributed by atoms with van der Waals surface area (Å²) in [5.74, 6) is 1.78. The molecule has 1 heterocycles. The molecule has 0 saturated carbocycles. The van der Waals surface area contributed by atoms with Crippen LogP contribution in [-0.2, 0) is 12.8 Å².